The van der Waals surface area contributed by atoms with Crippen LogP contribution in [-0.4, -0.2) is 37.0 Å². The summed E-state index contributed by atoms with van der Waals surface area (Å²) in [6.07, 6.45) is -0.0975. The summed E-state index contributed by atoms with van der Waals surface area (Å²) in [7, 11) is 0. The summed E-state index contributed by atoms with van der Waals surface area (Å²) in [5.41, 5.74) is 3.99. The Kier molecular flexibility index (Phi) is 8.10. The fraction of sp³-hybridized carbons (Fsp3) is 0.273. The van der Waals surface area contributed by atoms with Gasteiger partial charge in [0.05, 0.1) is 6.42 Å². The smallest absolute Gasteiger partial charge is 0.325 e. The molecule has 3 N–H and O–H groups in total. The number of amides is 4. The fourth-order valence-corrected chi connectivity index (χ4v) is 2.56. The molecular formula is C22H25N3O5. The minimum atomic E-state index is -0.756. The van der Waals surface area contributed by atoms with Crippen LogP contribution in [0.4, 0.5) is 10.5 Å². The molecule has 0 bridgehead atoms. The number of urea groups is 1. The van der Waals surface area contributed by atoms with E-state index in [9.17, 15) is 19.2 Å². The third-order valence-electron chi connectivity index (χ3n) is 4.39. The van der Waals surface area contributed by atoms with Gasteiger partial charge < -0.3 is 15.4 Å². The zero-order valence-corrected chi connectivity index (χ0v) is 17.2. The molecular weight excluding hydrogens is 386 g/mol. The van der Waals surface area contributed by atoms with Crippen LogP contribution in [0.25, 0.3) is 0 Å². The van der Waals surface area contributed by atoms with E-state index in [1.807, 2.05) is 39.0 Å². The average molecular weight is 411 g/mol. The number of carbonyl (C=O) groups is 4. The lowest BCUT2D eigenvalue weighted by atomic mass is 10.1. The number of imide groups is 1. The van der Waals surface area contributed by atoms with Crippen LogP contribution in [0, 0.1) is 20.8 Å². The SMILES string of the molecule is Cc1ccc(NC(=O)NC(=O)COC(=O)CCNC(=O)c2ccccc2C)cc1C. The van der Waals surface area contributed by atoms with Gasteiger partial charge in [-0.1, -0.05) is 24.3 Å². The summed E-state index contributed by atoms with van der Waals surface area (Å²) in [6, 6.07) is 11.7. The molecule has 0 fully saturated rings. The van der Waals surface area contributed by atoms with Gasteiger partial charge in [-0.3, -0.25) is 19.7 Å². The summed E-state index contributed by atoms with van der Waals surface area (Å²) >= 11 is 0. The van der Waals surface area contributed by atoms with Gasteiger partial charge in [0.15, 0.2) is 6.61 Å². The molecule has 0 spiro atoms. The van der Waals surface area contributed by atoms with E-state index < -0.39 is 24.5 Å². The molecule has 0 aliphatic carbocycles. The van der Waals surface area contributed by atoms with Gasteiger partial charge in [0.2, 0.25) is 0 Å². The molecule has 0 aliphatic rings. The Morgan fingerprint density at radius 3 is 2.33 bits per heavy atom. The number of benzene rings is 2. The lowest BCUT2D eigenvalue weighted by Crippen LogP contribution is -2.37. The second-order valence-corrected chi connectivity index (χ2v) is 6.78. The van der Waals surface area contributed by atoms with E-state index in [4.69, 9.17) is 4.74 Å². The molecule has 0 aliphatic heterocycles. The first-order chi connectivity index (χ1) is 14.3. The minimum absolute atomic E-state index is 0.0703. The molecule has 2 rings (SSSR count). The molecule has 0 radical (unpaired) electrons. The van der Waals surface area contributed by atoms with Crippen LogP contribution in [0.3, 0.4) is 0 Å². The number of ether oxygens (including phenoxy) is 1. The molecule has 30 heavy (non-hydrogen) atoms. The Hall–Kier alpha value is -3.68. The molecule has 4 amide bonds. The Morgan fingerprint density at radius 2 is 1.63 bits per heavy atom. The molecule has 158 valence electrons. The van der Waals surface area contributed by atoms with Gasteiger partial charge in [-0.15, -0.1) is 0 Å². The van der Waals surface area contributed by atoms with E-state index in [1.54, 1.807) is 24.3 Å². The van der Waals surface area contributed by atoms with Gasteiger partial charge in [-0.2, -0.15) is 0 Å². The zero-order chi connectivity index (χ0) is 22.1. The summed E-state index contributed by atoms with van der Waals surface area (Å²) in [5, 5.41) is 7.24. The normalized spacial score (nSPS) is 10.1. The summed E-state index contributed by atoms with van der Waals surface area (Å²) in [4.78, 5) is 47.4. The summed E-state index contributed by atoms with van der Waals surface area (Å²) in [5.74, 6) is -1.71. The van der Waals surface area contributed by atoms with Crippen molar-refractivity contribution in [1.29, 1.82) is 0 Å². The zero-order valence-electron chi connectivity index (χ0n) is 17.2. The Bertz CT molecular complexity index is 956. The van der Waals surface area contributed by atoms with Crippen molar-refractivity contribution in [3.8, 4) is 0 Å². The highest BCUT2D eigenvalue weighted by Crippen LogP contribution is 2.13. The van der Waals surface area contributed by atoms with Crippen molar-refractivity contribution in [3.63, 3.8) is 0 Å². The summed E-state index contributed by atoms with van der Waals surface area (Å²) < 4.78 is 4.82. The van der Waals surface area contributed by atoms with Crippen LogP contribution < -0.4 is 16.0 Å². The highest BCUT2D eigenvalue weighted by Gasteiger charge is 2.13. The first-order valence-electron chi connectivity index (χ1n) is 9.44. The first-order valence-corrected chi connectivity index (χ1v) is 9.44. The number of nitrogens with one attached hydrogen (secondary N) is 3. The number of hydrogen-bond acceptors (Lipinski definition) is 5. The van der Waals surface area contributed by atoms with Crippen molar-refractivity contribution in [2.75, 3.05) is 18.5 Å². The van der Waals surface area contributed by atoms with E-state index in [0.29, 0.717) is 11.3 Å². The largest absolute Gasteiger partial charge is 0.456 e. The molecule has 0 aromatic heterocycles. The monoisotopic (exact) mass is 411 g/mol. The van der Waals surface area contributed by atoms with Crippen molar-refractivity contribution in [2.24, 2.45) is 0 Å². The number of esters is 1. The van der Waals surface area contributed by atoms with Gasteiger partial charge in [0.1, 0.15) is 0 Å². The van der Waals surface area contributed by atoms with E-state index in [0.717, 1.165) is 16.7 Å². The number of aryl methyl sites for hydroxylation is 3. The van der Waals surface area contributed by atoms with Crippen molar-refractivity contribution >= 4 is 29.5 Å². The predicted octanol–water partition coefficient (Wildman–Crippen LogP) is 2.62. The first kappa shape index (κ1) is 22.6. The lowest BCUT2D eigenvalue weighted by molar-refractivity contribution is -0.148. The number of hydrogen-bond donors (Lipinski definition) is 3. The maximum absolute atomic E-state index is 12.1. The molecule has 0 heterocycles. The third kappa shape index (κ3) is 7.05. The average Bonchev–Trinajstić information content (AvgIpc) is 2.69. The van der Waals surface area contributed by atoms with E-state index in [2.05, 4.69) is 16.0 Å². The number of rotatable bonds is 7. The second-order valence-electron chi connectivity index (χ2n) is 6.78. The van der Waals surface area contributed by atoms with Crippen LogP contribution in [0.5, 0.6) is 0 Å². The number of carbonyl (C=O) groups excluding carboxylic acids is 4. The van der Waals surface area contributed by atoms with Gasteiger partial charge in [0.25, 0.3) is 11.8 Å². The molecule has 0 atom stereocenters. The van der Waals surface area contributed by atoms with Crippen LogP contribution in [0.1, 0.15) is 33.5 Å². The Labute approximate surface area is 175 Å². The van der Waals surface area contributed by atoms with Crippen LogP contribution >= 0.6 is 0 Å². The minimum Gasteiger partial charge on any atom is -0.456 e. The van der Waals surface area contributed by atoms with Crippen molar-refractivity contribution in [3.05, 3.63) is 64.7 Å². The van der Waals surface area contributed by atoms with E-state index >= 15 is 0 Å². The maximum Gasteiger partial charge on any atom is 0.325 e. The predicted molar refractivity (Wildman–Crippen MR) is 112 cm³/mol. The molecule has 0 saturated heterocycles. The van der Waals surface area contributed by atoms with E-state index in [1.165, 1.54) is 0 Å². The van der Waals surface area contributed by atoms with Crippen molar-refractivity contribution in [1.82, 2.24) is 10.6 Å². The van der Waals surface area contributed by atoms with Crippen molar-refractivity contribution in [2.45, 2.75) is 27.2 Å². The van der Waals surface area contributed by atoms with E-state index in [-0.39, 0.29) is 18.9 Å². The Morgan fingerprint density at radius 1 is 0.900 bits per heavy atom. The standard InChI is InChI=1S/C22H25N3O5/c1-14-8-9-17(12-16(14)3)24-22(29)25-19(26)13-30-20(27)10-11-23-21(28)18-7-5-4-6-15(18)2/h4-9,12H,10-11,13H2,1-3H3,(H,23,28)(H2,24,25,26,29). The van der Waals surface area contributed by atoms with Crippen molar-refractivity contribution < 1.29 is 23.9 Å². The molecule has 2 aromatic carbocycles. The number of anilines is 1. The fourth-order valence-electron chi connectivity index (χ4n) is 2.56. The topological polar surface area (TPSA) is 114 Å². The molecule has 0 unspecified atom stereocenters. The molecule has 8 heteroatoms. The van der Waals surface area contributed by atoms with Gasteiger partial charge in [-0.05, 0) is 55.7 Å². The van der Waals surface area contributed by atoms with Gasteiger partial charge in [0, 0.05) is 17.8 Å². The highest BCUT2D eigenvalue weighted by molar-refractivity contribution is 6.02. The van der Waals surface area contributed by atoms with Crippen LogP contribution in [0.15, 0.2) is 42.5 Å². The molecule has 0 saturated carbocycles. The second kappa shape index (κ2) is 10.8. The van der Waals surface area contributed by atoms with Crippen LogP contribution in [0.2, 0.25) is 0 Å². The quantitative estimate of drug-likeness (QED) is 0.606. The lowest BCUT2D eigenvalue weighted by Gasteiger charge is -2.09. The molecule has 8 nitrogen and oxygen atoms in total. The summed E-state index contributed by atoms with van der Waals surface area (Å²) in [6.45, 7) is 5.15. The Balaban J connectivity index is 1.67. The highest BCUT2D eigenvalue weighted by atomic mass is 16.5. The third-order valence-corrected chi connectivity index (χ3v) is 4.39. The van der Waals surface area contributed by atoms with Gasteiger partial charge >= 0.3 is 12.0 Å². The van der Waals surface area contributed by atoms with Gasteiger partial charge in [-0.25, -0.2) is 4.79 Å². The maximum atomic E-state index is 12.1. The molecule has 2 aromatic rings. The van der Waals surface area contributed by atoms with Crippen LogP contribution in [-0.2, 0) is 14.3 Å².